The van der Waals surface area contributed by atoms with Crippen molar-refractivity contribution in [1.29, 1.82) is 0 Å². The van der Waals surface area contributed by atoms with Gasteiger partial charge in [-0.1, -0.05) is 49.7 Å². The Hall–Kier alpha value is -3.51. The lowest BCUT2D eigenvalue weighted by Gasteiger charge is -2.36. The Morgan fingerprint density at radius 2 is 1.89 bits per heavy atom. The summed E-state index contributed by atoms with van der Waals surface area (Å²) in [6, 6.07) is 18.7. The van der Waals surface area contributed by atoms with Gasteiger partial charge in [-0.3, -0.25) is 9.59 Å². The standard InChI is InChI=1S/C29H30ClN3O3/c1-29(2)16-22-27(24(34)17-29)28(25-8-5-15-36-25)33(23-7-4-3-6-21(23)32-22)18-26(35)31-14-13-19-9-11-20(30)12-10-19/h3-12,15,28,32H,13-14,16-18H2,1-2H3,(H,31,35). The van der Waals surface area contributed by atoms with E-state index in [1.807, 2.05) is 65.6 Å². The van der Waals surface area contributed by atoms with Crippen LogP contribution < -0.4 is 15.5 Å². The summed E-state index contributed by atoms with van der Waals surface area (Å²) in [6.45, 7) is 4.81. The maximum Gasteiger partial charge on any atom is 0.239 e. The minimum Gasteiger partial charge on any atom is -0.467 e. The Balaban J connectivity index is 1.46. The molecule has 7 heteroatoms. The number of hydrogen-bond donors (Lipinski definition) is 2. The predicted molar refractivity (Wildman–Crippen MR) is 142 cm³/mol. The number of anilines is 2. The summed E-state index contributed by atoms with van der Waals surface area (Å²) in [5.74, 6) is 0.599. The maximum absolute atomic E-state index is 13.6. The van der Waals surface area contributed by atoms with Crippen molar-refractivity contribution < 1.29 is 14.0 Å². The van der Waals surface area contributed by atoms with Crippen LogP contribution in [0.25, 0.3) is 0 Å². The highest BCUT2D eigenvalue weighted by Crippen LogP contribution is 2.48. The number of ketones is 1. The average molecular weight is 504 g/mol. The molecule has 1 aliphatic heterocycles. The van der Waals surface area contributed by atoms with Crippen molar-refractivity contribution in [2.75, 3.05) is 23.3 Å². The van der Waals surface area contributed by atoms with E-state index < -0.39 is 6.04 Å². The fraction of sp³-hybridized carbons (Fsp3) is 0.310. The first-order valence-electron chi connectivity index (χ1n) is 12.2. The Morgan fingerprint density at radius 3 is 2.64 bits per heavy atom. The zero-order chi connectivity index (χ0) is 25.3. The number of rotatable bonds is 6. The molecule has 6 nitrogen and oxygen atoms in total. The number of allylic oxidation sites excluding steroid dienone is 1. The second-order valence-electron chi connectivity index (χ2n) is 10.2. The Kier molecular flexibility index (Phi) is 6.63. The van der Waals surface area contributed by atoms with Gasteiger partial charge in [0.2, 0.25) is 5.91 Å². The topological polar surface area (TPSA) is 74.6 Å². The molecule has 0 saturated carbocycles. The average Bonchev–Trinajstić information content (AvgIpc) is 3.32. The molecule has 0 radical (unpaired) electrons. The molecule has 0 fully saturated rings. The number of Topliss-reactive ketones (excluding diaryl/α,β-unsaturated/α-hetero) is 1. The first kappa shape index (κ1) is 24.2. The maximum atomic E-state index is 13.6. The van der Waals surface area contributed by atoms with Crippen molar-refractivity contribution in [2.24, 2.45) is 5.41 Å². The number of para-hydroxylation sites is 2. The molecule has 1 amide bonds. The number of furan rings is 1. The van der Waals surface area contributed by atoms with Gasteiger partial charge in [-0.15, -0.1) is 0 Å². The van der Waals surface area contributed by atoms with Crippen LogP contribution in [-0.2, 0) is 16.0 Å². The minimum absolute atomic E-state index is 0.0797. The molecule has 36 heavy (non-hydrogen) atoms. The highest BCUT2D eigenvalue weighted by molar-refractivity contribution is 6.30. The number of hydrogen-bond acceptors (Lipinski definition) is 5. The molecule has 1 aromatic heterocycles. The van der Waals surface area contributed by atoms with Crippen LogP contribution in [0.15, 0.2) is 82.6 Å². The lowest BCUT2D eigenvalue weighted by Crippen LogP contribution is -2.42. The van der Waals surface area contributed by atoms with Gasteiger partial charge in [0, 0.05) is 29.3 Å². The molecule has 5 rings (SSSR count). The lowest BCUT2D eigenvalue weighted by atomic mass is 9.74. The van der Waals surface area contributed by atoms with Crippen molar-refractivity contribution >= 4 is 34.7 Å². The van der Waals surface area contributed by atoms with E-state index in [9.17, 15) is 9.59 Å². The van der Waals surface area contributed by atoms with Crippen molar-refractivity contribution in [3.8, 4) is 0 Å². The molecule has 0 bridgehead atoms. The van der Waals surface area contributed by atoms with E-state index in [0.29, 0.717) is 35.7 Å². The molecule has 1 unspecified atom stereocenters. The van der Waals surface area contributed by atoms with Crippen LogP contribution in [0.3, 0.4) is 0 Å². The van der Waals surface area contributed by atoms with Gasteiger partial charge in [-0.05, 0) is 60.2 Å². The highest BCUT2D eigenvalue weighted by atomic mass is 35.5. The zero-order valence-electron chi connectivity index (χ0n) is 20.5. The van der Waals surface area contributed by atoms with Gasteiger partial charge in [-0.2, -0.15) is 0 Å². The van der Waals surface area contributed by atoms with Gasteiger partial charge >= 0.3 is 0 Å². The number of fused-ring (bicyclic) bond motifs is 1. The van der Waals surface area contributed by atoms with Gasteiger partial charge in [0.25, 0.3) is 0 Å². The van der Waals surface area contributed by atoms with E-state index in [-0.39, 0.29) is 23.7 Å². The Labute approximate surface area is 216 Å². The van der Waals surface area contributed by atoms with Gasteiger partial charge in [0.15, 0.2) is 5.78 Å². The number of nitrogens with zero attached hydrogens (tertiary/aromatic N) is 1. The first-order chi connectivity index (χ1) is 17.3. The molecule has 3 aromatic rings. The van der Waals surface area contributed by atoms with Gasteiger partial charge in [0.05, 0.1) is 24.2 Å². The van der Waals surface area contributed by atoms with E-state index in [1.165, 1.54) is 0 Å². The summed E-state index contributed by atoms with van der Waals surface area (Å²) in [6.07, 6.45) is 3.50. The van der Waals surface area contributed by atoms with Crippen LogP contribution in [0.2, 0.25) is 5.02 Å². The predicted octanol–water partition coefficient (Wildman–Crippen LogP) is 5.91. The number of carbonyl (C=O) groups excluding carboxylic acids is 2. The molecule has 0 saturated heterocycles. The molecule has 186 valence electrons. The molecule has 2 heterocycles. The van der Waals surface area contributed by atoms with E-state index >= 15 is 0 Å². The highest BCUT2D eigenvalue weighted by Gasteiger charge is 2.42. The van der Waals surface area contributed by atoms with Crippen LogP contribution in [0, 0.1) is 5.41 Å². The Morgan fingerprint density at radius 1 is 1.11 bits per heavy atom. The third-order valence-corrected chi connectivity index (χ3v) is 7.03. The number of carbonyl (C=O) groups is 2. The quantitative estimate of drug-likeness (QED) is 0.437. The molecule has 2 N–H and O–H groups in total. The third kappa shape index (κ3) is 5.05. The fourth-order valence-corrected chi connectivity index (χ4v) is 5.30. The number of halogens is 1. The molecular formula is C29H30ClN3O3. The van der Waals surface area contributed by atoms with Crippen molar-refractivity contribution in [3.63, 3.8) is 0 Å². The summed E-state index contributed by atoms with van der Waals surface area (Å²) < 4.78 is 5.85. The second-order valence-corrected chi connectivity index (χ2v) is 10.7. The third-order valence-electron chi connectivity index (χ3n) is 6.78. The van der Waals surface area contributed by atoms with E-state index in [2.05, 4.69) is 24.5 Å². The fourth-order valence-electron chi connectivity index (χ4n) is 5.18. The molecule has 2 aromatic carbocycles. The normalized spacial score (nSPS) is 18.7. The number of benzene rings is 2. The van der Waals surface area contributed by atoms with Crippen molar-refractivity contribution in [3.05, 3.63) is 94.5 Å². The Bertz CT molecular complexity index is 1300. The summed E-state index contributed by atoms with van der Waals surface area (Å²) >= 11 is 5.97. The zero-order valence-corrected chi connectivity index (χ0v) is 21.3. The largest absolute Gasteiger partial charge is 0.467 e. The summed E-state index contributed by atoms with van der Waals surface area (Å²) in [7, 11) is 0. The van der Waals surface area contributed by atoms with Gasteiger partial charge < -0.3 is 20.0 Å². The van der Waals surface area contributed by atoms with Crippen LogP contribution in [-0.4, -0.2) is 24.8 Å². The molecule has 1 atom stereocenters. The van der Waals surface area contributed by atoms with Crippen LogP contribution in [0.5, 0.6) is 0 Å². The lowest BCUT2D eigenvalue weighted by molar-refractivity contribution is -0.120. The summed E-state index contributed by atoms with van der Waals surface area (Å²) in [5.41, 5.74) is 4.25. The van der Waals surface area contributed by atoms with Crippen molar-refractivity contribution in [2.45, 2.75) is 39.2 Å². The first-order valence-corrected chi connectivity index (χ1v) is 12.6. The summed E-state index contributed by atoms with van der Waals surface area (Å²) in [4.78, 5) is 28.8. The van der Waals surface area contributed by atoms with Crippen LogP contribution in [0.4, 0.5) is 11.4 Å². The molecular weight excluding hydrogens is 474 g/mol. The smallest absolute Gasteiger partial charge is 0.239 e. The van der Waals surface area contributed by atoms with E-state index in [4.69, 9.17) is 16.0 Å². The molecule has 0 spiro atoms. The number of nitrogens with one attached hydrogen (secondary N) is 2. The SMILES string of the molecule is CC1(C)CC(=O)C2=C(C1)Nc1ccccc1N(CC(=O)NCCc1ccc(Cl)cc1)C2c1ccco1. The molecule has 1 aliphatic carbocycles. The van der Waals surface area contributed by atoms with Gasteiger partial charge in [-0.25, -0.2) is 0 Å². The van der Waals surface area contributed by atoms with Gasteiger partial charge in [0.1, 0.15) is 11.8 Å². The summed E-state index contributed by atoms with van der Waals surface area (Å²) in [5, 5.41) is 7.28. The van der Waals surface area contributed by atoms with Crippen LogP contribution in [0.1, 0.15) is 44.1 Å². The molecule has 2 aliphatic rings. The monoisotopic (exact) mass is 503 g/mol. The second kappa shape index (κ2) is 9.86. The van der Waals surface area contributed by atoms with E-state index in [0.717, 1.165) is 29.1 Å². The minimum atomic E-state index is -0.503. The van der Waals surface area contributed by atoms with Crippen molar-refractivity contribution in [1.82, 2.24) is 5.32 Å². The van der Waals surface area contributed by atoms with E-state index in [1.54, 1.807) is 6.26 Å². The van der Waals surface area contributed by atoms with Crippen LogP contribution >= 0.6 is 11.6 Å². The number of amides is 1.